The predicted molar refractivity (Wildman–Crippen MR) is 156 cm³/mol. The van der Waals surface area contributed by atoms with Crippen molar-refractivity contribution in [1.82, 2.24) is 14.6 Å². The molecule has 0 bridgehead atoms. The fraction of sp³-hybridized carbons (Fsp3) is 0.423. The number of aromatic nitrogens is 2. The molecule has 4 rings (SSSR count). The molecule has 1 aliphatic heterocycles. The van der Waals surface area contributed by atoms with Crippen LogP contribution >= 0.6 is 18.2 Å². The third kappa shape index (κ3) is 6.98. The molecule has 2 heterocycles. The summed E-state index contributed by atoms with van der Waals surface area (Å²) in [5.74, 6) is -0.901. The van der Waals surface area contributed by atoms with E-state index in [0.717, 1.165) is 11.6 Å². The van der Waals surface area contributed by atoms with Gasteiger partial charge in [0.2, 0.25) is 0 Å². The van der Waals surface area contributed by atoms with Crippen LogP contribution in [0.4, 0.5) is 19.0 Å². The van der Waals surface area contributed by atoms with E-state index in [2.05, 4.69) is 10.1 Å². The van der Waals surface area contributed by atoms with Crippen molar-refractivity contribution in [3.63, 3.8) is 0 Å². The number of nitrogens with zero attached hydrogens (tertiary/aromatic N) is 2. The van der Waals surface area contributed by atoms with Gasteiger partial charge in [0.15, 0.2) is 18.0 Å². The zero-order valence-corrected chi connectivity index (χ0v) is 25.5. The molecule has 1 unspecified atom stereocenters. The number of benzene rings is 2. The van der Waals surface area contributed by atoms with E-state index in [4.69, 9.17) is 47.7 Å². The van der Waals surface area contributed by atoms with Gasteiger partial charge in [-0.1, -0.05) is 48.0 Å². The Hall–Kier alpha value is -2.78. The van der Waals surface area contributed by atoms with Crippen LogP contribution in [0.25, 0.3) is 10.8 Å². The molecule has 43 heavy (non-hydrogen) atoms. The van der Waals surface area contributed by atoms with Crippen molar-refractivity contribution in [3.8, 4) is 5.75 Å². The van der Waals surface area contributed by atoms with Crippen LogP contribution in [0.5, 0.6) is 5.75 Å². The fourth-order valence-electron chi connectivity index (χ4n) is 4.30. The number of nitrogens with two attached hydrogens (primary N) is 1. The zero-order chi connectivity index (χ0) is 31.7. The highest BCUT2D eigenvalue weighted by Crippen LogP contribution is 2.51. The van der Waals surface area contributed by atoms with Gasteiger partial charge in [0.25, 0.3) is 6.43 Å². The standard InChI is InChI=1S/C26H29ClF3N4O7PS/c1-13(2)39-23(36)14(3)33-42(43,41-18-10-6-8-15-7-4-5-9-16(15)18)38-12-26(24(29)30)20(35)19(28)22(40-26)34-11-17(27)21(31)32-25(34)37/h4-11,13-14,19-20,22,24,35H,12H2,1-3H3,(H,33,43)(H2,31,32,37)/t14-,19+,20-,22+,26+,42?/m0/s1. The number of aliphatic hydroxyl groups excluding tert-OH is 1. The number of alkyl halides is 3. The van der Waals surface area contributed by atoms with Gasteiger partial charge in [-0.3, -0.25) is 9.36 Å². The minimum absolute atomic E-state index is 0.202. The molecule has 0 amide bonds. The molecule has 0 saturated carbocycles. The van der Waals surface area contributed by atoms with E-state index in [-0.39, 0.29) is 16.6 Å². The molecule has 3 aromatic rings. The Bertz CT molecular complexity index is 1600. The number of esters is 1. The van der Waals surface area contributed by atoms with E-state index < -0.39 is 67.6 Å². The lowest BCUT2D eigenvalue weighted by molar-refractivity contribution is -0.192. The largest absolute Gasteiger partial charge is 0.462 e. The van der Waals surface area contributed by atoms with Crippen molar-refractivity contribution < 1.29 is 41.6 Å². The average Bonchev–Trinajstić information content (AvgIpc) is 3.20. The third-order valence-corrected chi connectivity index (χ3v) is 9.23. The van der Waals surface area contributed by atoms with Gasteiger partial charge in [0, 0.05) is 11.6 Å². The maximum atomic E-state index is 15.4. The van der Waals surface area contributed by atoms with Gasteiger partial charge in [-0.25, -0.2) is 23.1 Å². The molecule has 1 fully saturated rings. The molecule has 0 radical (unpaired) electrons. The van der Waals surface area contributed by atoms with Gasteiger partial charge in [0.1, 0.15) is 23.7 Å². The Morgan fingerprint density at radius 1 is 1.28 bits per heavy atom. The molecule has 17 heteroatoms. The highest BCUT2D eigenvalue weighted by molar-refractivity contribution is 8.09. The number of nitrogens with one attached hydrogen (secondary N) is 1. The number of carbonyl (C=O) groups excluding carboxylic acids is 1. The first-order valence-corrected chi connectivity index (χ1v) is 15.9. The van der Waals surface area contributed by atoms with Crippen LogP contribution in [0.15, 0.2) is 53.5 Å². The Morgan fingerprint density at radius 2 is 1.95 bits per heavy atom. The number of fused-ring (bicyclic) bond motifs is 1. The zero-order valence-electron chi connectivity index (χ0n) is 23.0. The second-order valence-electron chi connectivity index (χ2n) is 9.99. The van der Waals surface area contributed by atoms with E-state index in [9.17, 15) is 23.5 Å². The summed E-state index contributed by atoms with van der Waals surface area (Å²) in [6.07, 6.45) is -10.3. The topological polar surface area (TPSA) is 147 Å². The van der Waals surface area contributed by atoms with Crippen LogP contribution in [0.2, 0.25) is 5.02 Å². The molecule has 6 atom stereocenters. The molecule has 234 valence electrons. The molecule has 2 aromatic carbocycles. The molecule has 4 N–H and O–H groups in total. The number of ether oxygens (including phenoxy) is 2. The molecule has 1 aromatic heterocycles. The fourth-order valence-corrected chi connectivity index (χ4v) is 6.87. The third-order valence-electron chi connectivity index (χ3n) is 6.48. The predicted octanol–water partition coefficient (Wildman–Crippen LogP) is 4.11. The number of hydrogen-bond donors (Lipinski definition) is 3. The van der Waals surface area contributed by atoms with E-state index in [1.54, 1.807) is 56.3 Å². The van der Waals surface area contributed by atoms with E-state index in [0.29, 0.717) is 9.95 Å². The monoisotopic (exact) mass is 664 g/mol. The van der Waals surface area contributed by atoms with Crippen LogP contribution in [0, 0.1) is 0 Å². The van der Waals surface area contributed by atoms with Gasteiger partial charge in [-0.15, -0.1) is 0 Å². The molecule has 0 spiro atoms. The first-order valence-electron chi connectivity index (χ1n) is 12.9. The summed E-state index contributed by atoms with van der Waals surface area (Å²) in [5.41, 5.74) is 1.30. The maximum Gasteiger partial charge on any atom is 0.351 e. The number of halogens is 4. The molecule has 1 saturated heterocycles. The summed E-state index contributed by atoms with van der Waals surface area (Å²) in [7, 11) is 0. The first-order chi connectivity index (χ1) is 20.2. The lowest BCUT2D eigenvalue weighted by atomic mass is 9.97. The quantitative estimate of drug-likeness (QED) is 0.201. The Morgan fingerprint density at radius 3 is 2.63 bits per heavy atom. The Kier molecular flexibility index (Phi) is 10.1. The van der Waals surface area contributed by atoms with Gasteiger partial charge < -0.3 is 29.4 Å². The summed E-state index contributed by atoms with van der Waals surface area (Å²) in [5, 5.41) is 14.5. The normalized spacial score (nSPS) is 24.3. The number of carbonyl (C=O) groups is 1. The summed E-state index contributed by atoms with van der Waals surface area (Å²) in [6, 6.07) is 11.0. The SMILES string of the molecule is CC(C)OC(=O)[C@H](C)NP(=S)(OC[C@@]1(C(F)F)O[C@@H](n2cc(Cl)c(N)nc2=O)[C@H](F)[C@@H]1O)Oc1cccc2ccccc12. The number of rotatable bonds is 11. The van der Waals surface area contributed by atoms with Gasteiger partial charge in [-0.2, -0.15) is 4.98 Å². The lowest BCUT2D eigenvalue weighted by Gasteiger charge is -2.34. The summed E-state index contributed by atoms with van der Waals surface area (Å²) >= 11 is 11.5. The molecule has 1 aliphatic rings. The van der Waals surface area contributed by atoms with Crippen LogP contribution < -0.4 is 21.0 Å². The summed E-state index contributed by atoms with van der Waals surface area (Å²) in [4.78, 5) is 28.4. The Balaban J connectivity index is 1.69. The van der Waals surface area contributed by atoms with Crippen molar-refractivity contribution >= 4 is 52.6 Å². The van der Waals surface area contributed by atoms with Crippen molar-refractivity contribution in [2.45, 2.75) is 63.4 Å². The maximum absolute atomic E-state index is 15.4. The summed E-state index contributed by atoms with van der Waals surface area (Å²) in [6.45, 7) is -0.520. The van der Waals surface area contributed by atoms with Crippen LogP contribution in [-0.4, -0.2) is 63.7 Å². The highest BCUT2D eigenvalue weighted by Gasteiger charge is 2.62. The van der Waals surface area contributed by atoms with Crippen molar-refractivity contribution in [2.75, 3.05) is 12.3 Å². The first kappa shape index (κ1) is 33.1. The Labute approximate surface area is 254 Å². The number of aliphatic hydroxyl groups is 1. The van der Waals surface area contributed by atoms with Crippen LogP contribution in [0.3, 0.4) is 0 Å². The van der Waals surface area contributed by atoms with E-state index >= 15 is 4.39 Å². The lowest BCUT2D eigenvalue weighted by Crippen LogP contribution is -2.52. The molecule has 0 aliphatic carbocycles. The molecular formula is C26H29ClF3N4O7PS. The molecular weight excluding hydrogens is 636 g/mol. The number of anilines is 1. The van der Waals surface area contributed by atoms with Crippen molar-refractivity contribution in [1.29, 1.82) is 0 Å². The number of nitrogen functional groups attached to an aromatic ring is 1. The van der Waals surface area contributed by atoms with Crippen LogP contribution in [0.1, 0.15) is 27.0 Å². The second-order valence-corrected chi connectivity index (χ2v) is 13.5. The minimum atomic E-state index is -3.98. The smallest absolute Gasteiger partial charge is 0.351 e. The number of hydrogen-bond acceptors (Lipinski definition) is 10. The van der Waals surface area contributed by atoms with Gasteiger partial charge >= 0.3 is 18.3 Å². The van der Waals surface area contributed by atoms with Crippen molar-refractivity contribution in [2.24, 2.45) is 0 Å². The van der Waals surface area contributed by atoms with Gasteiger partial charge in [-0.05, 0) is 44.0 Å². The van der Waals surface area contributed by atoms with Crippen molar-refractivity contribution in [3.05, 3.63) is 64.2 Å². The van der Waals surface area contributed by atoms with E-state index in [1.807, 2.05) is 0 Å². The van der Waals surface area contributed by atoms with Gasteiger partial charge in [0.05, 0.1) is 17.7 Å². The van der Waals surface area contributed by atoms with Crippen LogP contribution in [-0.2, 0) is 30.6 Å². The minimum Gasteiger partial charge on any atom is -0.462 e. The average molecular weight is 665 g/mol. The summed E-state index contributed by atoms with van der Waals surface area (Å²) < 4.78 is 67.5. The highest BCUT2D eigenvalue weighted by atomic mass is 35.5. The second kappa shape index (κ2) is 13.1. The molecule has 11 nitrogen and oxygen atoms in total. The van der Waals surface area contributed by atoms with E-state index in [1.165, 1.54) is 6.92 Å².